The predicted octanol–water partition coefficient (Wildman–Crippen LogP) is 0.0269. The first-order valence-electron chi connectivity index (χ1n) is 8.78. The van der Waals surface area contributed by atoms with Crippen LogP contribution in [0, 0.1) is 0 Å². The van der Waals surface area contributed by atoms with E-state index in [4.69, 9.17) is 5.73 Å². The van der Waals surface area contributed by atoms with Crippen LogP contribution < -0.4 is 16.4 Å². The molecule has 3 atom stereocenters. The quantitative estimate of drug-likeness (QED) is 0.670. The van der Waals surface area contributed by atoms with Crippen LogP contribution in [0.25, 0.3) is 0 Å². The van der Waals surface area contributed by atoms with Gasteiger partial charge in [0.1, 0.15) is 6.04 Å². The van der Waals surface area contributed by atoms with Crippen molar-refractivity contribution in [1.29, 1.82) is 0 Å². The van der Waals surface area contributed by atoms with E-state index in [2.05, 4.69) is 10.6 Å². The Labute approximate surface area is 145 Å². The number of carbonyl (C=O) groups excluding carboxylic acids is 3. The average Bonchev–Trinajstić information content (AvgIpc) is 2.90. The third-order valence-electron chi connectivity index (χ3n) is 5.49. The zero-order valence-electron chi connectivity index (χ0n) is 14.0. The second-order valence-corrected chi connectivity index (χ2v) is 7.12. The Balaban J connectivity index is 1.46. The third kappa shape index (κ3) is 2.94. The molecule has 1 saturated heterocycles. The molecule has 0 bridgehead atoms. The fraction of sp³-hybridized carbons (Fsp3) is 0.500. The molecule has 1 aromatic carbocycles. The van der Waals surface area contributed by atoms with Gasteiger partial charge in [0.2, 0.25) is 11.8 Å². The van der Waals surface area contributed by atoms with Crippen LogP contribution in [0.5, 0.6) is 0 Å². The molecule has 2 aliphatic heterocycles. The lowest BCUT2D eigenvalue weighted by atomic mass is 9.87. The van der Waals surface area contributed by atoms with E-state index >= 15 is 0 Å². The van der Waals surface area contributed by atoms with E-state index in [-0.39, 0.29) is 30.2 Å². The number of amides is 3. The fourth-order valence-corrected chi connectivity index (χ4v) is 3.74. The summed E-state index contributed by atoms with van der Waals surface area (Å²) in [4.78, 5) is 37.7. The van der Waals surface area contributed by atoms with Crippen molar-refractivity contribution in [3.05, 3.63) is 34.9 Å². The molecule has 3 aliphatic rings. The first kappa shape index (κ1) is 16.2. The number of imide groups is 1. The maximum atomic E-state index is 12.8. The first-order chi connectivity index (χ1) is 12.0. The summed E-state index contributed by atoms with van der Waals surface area (Å²) in [6.07, 6.45) is 2.81. The summed E-state index contributed by atoms with van der Waals surface area (Å²) < 4.78 is 0. The summed E-state index contributed by atoms with van der Waals surface area (Å²) in [6, 6.07) is 5.88. The largest absolute Gasteiger partial charge is 0.326 e. The molecule has 3 unspecified atom stereocenters. The molecule has 1 aliphatic carbocycles. The van der Waals surface area contributed by atoms with Crippen molar-refractivity contribution in [2.24, 2.45) is 5.73 Å². The molecule has 25 heavy (non-hydrogen) atoms. The Morgan fingerprint density at radius 1 is 1.20 bits per heavy atom. The Morgan fingerprint density at radius 2 is 2.04 bits per heavy atom. The minimum atomic E-state index is -0.563. The van der Waals surface area contributed by atoms with Gasteiger partial charge in [-0.2, -0.15) is 0 Å². The smallest absolute Gasteiger partial charge is 0.255 e. The Kier molecular flexibility index (Phi) is 4.05. The van der Waals surface area contributed by atoms with Gasteiger partial charge in [0.25, 0.3) is 5.91 Å². The number of hydrogen-bond donors (Lipinski definition) is 3. The van der Waals surface area contributed by atoms with Gasteiger partial charge in [0, 0.05) is 37.2 Å². The first-order valence-corrected chi connectivity index (χ1v) is 8.78. The van der Waals surface area contributed by atoms with Crippen LogP contribution in [0.15, 0.2) is 18.2 Å². The number of nitrogens with zero attached hydrogens (tertiary/aromatic N) is 1. The molecule has 0 spiro atoms. The van der Waals surface area contributed by atoms with Gasteiger partial charge in [-0.3, -0.25) is 19.7 Å². The number of rotatable bonds is 4. The van der Waals surface area contributed by atoms with E-state index in [0.29, 0.717) is 31.1 Å². The maximum Gasteiger partial charge on any atom is 0.255 e. The van der Waals surface area contributed by atoms with Crippen LogP contribution in [0.3, 0.4) is 0 Å². The second kappa shape index (κ2) is 6.24. The maximum absolute atomic E-state index is 12.8. The molecular weight excluding hydrogens is 320 g/mol. The van der Waals surface area contributed by atoms with Crippen molar-refractivity contribution < 1.29 is 14.4 Å². The van der Waals surface area contributed by atoms with E-state index in [9.17, 15) is 14.4 Å². The zero-order valence-corrected chi connectivity index (χ0v) is 14.0. The van der Waals surface area contributed by atoms with E-state index in [1.165, 1.54) is 0 Å². The van der Waals surface area contributed by atoms with E-state index in [1.54, 1.807) is 4.90 Å². The van der Waals surface area contributed by atoms with Gasteiger partial charge < -0.3 is 16.0 Å². The molecule has 7 nitrogen and oxygen atoms in total. The molecule has 7 heteroatoms. The predicted molar refractivity (Wildman–Crippen MR) is 90.3 cm³/mol. The summed E-state index contributed by atoms with van der Waals surface area (Å²) in [5.41, 5.74) is 8.56. The van der Waals surface area contributed by atoms with Crippen LogP contribution in [-0.2, 0) is 22.7 Å². The third-order valence-corrected chi connectivity index (χ3v) is 5.49. The van der Waals surface area contributed by atoms with Gasteiger partial charge in [-0.25, -0.2) is 0 Å². The lowest BCUT2D eigenvalue weighted by molar-refractivity contribution is -0.136. The molecule has 132 valence electrons. The SMILES string of the molecule is NC1CCC1NCc1ccc2c(c1)C(=O)N(C1CCC(=O)NC1=O)C2. The lowest BCUT2D eigenvalue weighted by Gasteiger charge is -2.34. The number of fused-ring (bicyclic) bond motifs is 1. The highest BCUT2D eigenvalue weighted by Crippen LogP contribution is 2.28. The minimum Gasteiger partial charge on any atom is -0.326 e. The van der Waals surface area contributed by atoms with Gasteiger partial charge in [-0.05, 0) is 36.5 Å². The van der Waals surface area contributed by atoms with Crippen molar-refractivity contribution >= 4 is 17.7 Å². The highest BCUT2D eigenvalue weighted by molar-refractivity contribution is 6.05. The minimum absolute atomic E-state index is 0.133. The molecule has 1 saturated carbocycles. The normalized spacial score (nSPS) is 28.6. The summed E-state index contributed by atoms with van der Waals surface area (Å²) >= 11 is 0. The molecule has 0 aromatic heterocycles. The van der Waals surface area contributed by atoms with Crippen molar-refractivity contribution in [2.75, 3.05) is 0 Å². The molecular formula is C18H22N4O3. The summed E-state index contributed by atoms with van der Waals surface area (Å²) in [7, 11) is 0. The number of nitrogens with two attached hydrogens (primary N) is 1. The fourth-order valence-electron chi connectivity index (χ4n) is 3.74. The van der Waals surface area contributed by atoms with Crippen LogP contribution in [0.2, 0.25) is 0 Å². The molecule has 0 radical (unpaired) electrons. The van der Waals surface area contributed by atoms with Crippen molar-refractivity contribution in [2.45, 2.75) is 56.9 Å². The van der Waals surface area contributed by atoms with Crippen molar-refractivity contribution in [1.82, 2.24) is 15.5 Å². The molecule has 2 heterocycles. The summed E-state index contributed by atoms with van der Waals surface area (Å²) in [5, 5.41) is 5.75. The van der Waals surface area contributed by atoms with Gasteiger partial charge in [0.15, 0.2) is 0 Å². The number of piperidine rings is 1. The van der Waals surface area contributed by atoms with Crippen molar-refractivity contribution in [3.8, 4) is 0 Å². The highest BCUT2D eigenvalue weighted by Gasteiger charge is 2.39. The van der Waals surface area contributed by atoms with Crippen LogP contribution >= 0.6 is 0 Å². The molecule has 4 rings (SSSR count). The Bertz CT molecular complexity index is 748. The topological polar surface area (TPSA) is 105 Å². The monoisotopic (exact) mass is 342 g/mol. The molecule has 1 aromatic rings. The van der Waals surface area contributed by atoms with Crippen LogP contribution in [0.4, 0.5) is 0 Å². The van der Waals surface area contributed by atoms with E-state index in [1.807, 2.05) is 18.2 Å². The lowest BCUT2D eigenvalue weighted by Crippen LogP contribution is -2.52. The molecule has 3 amide bonds. The molecule has 2 fully saturated rings. The number of carbonyl (C=O) groups is 3. The second-order valence-electron chi connectivity index (χ2n) is 7.12. The van der Waals surface area contributed by atoms with Gasteiger partial charge in [-0.15, -0.1) is 0 Å². The summed E-state index contributed by atoms with van der Waals surface area (Å²) in [5.74, 6) is -0.780. The highest BCUT2D eigenvalue weighted by atomic mass is 16.2. The summed E-state index contributed by atoms with van der Waals surface area (Å²) in [6.45, 7) is 1.10. The standard InChI is InChI=1S/C18H22N4O3/c19-13-3-4-14(13)20-8-10-1-2-11-9-22(18(25)12(11)7-10)15-5-6-16(23)21-17(15)24/h1-2,7,13-15,20H,3-6,8-9,19H2,(H,21,23,24). The number of nitrogens with one attached hydrogen (secondary N) is 2. The van der Waals surface area contributed by atoms with Gasteiger partial charge in [-0.1, -0.05) is 12.1 Å². The van der Waals surface area contributed by atoms with Gasteiger partial charge >= 0.3 is 0 Å². The number of benzene rings is 1. The average molecular weight is 342 g/mol. The zero-order chi connectivity index (χ0) is 17.6. The molecule has 4 N–H and O–H groups in total. The Morgan fingerprint density at radius 3 is 2.72 bits per heavy atom. The van der Waals surface area contributed by atoms with Crippen LogP contribution in [0.1, 0.15) is 47.2 Å². The van der Waals surface area contributed by atoms with E-state index < -0.39 is 6.04 Å². The van der Waals surface area contributed by atoms with Gasteiger partial charge in [0.05, 0.1) is 0 Å². The van der Waals surface area contributed by atoms with Crippen molar-refractivity contribution in [3.63, 3.8) is 0 Å². The Hall–Kier alpha value is -2.25. The van der Waals surface area contributed by atoms with E-state index in [0.717, 1.165) is 24.0 Å². The number of hydrogen-bond acceptors (Lipinski definition) is 5. The van der Waals surface area contributed by atoms with Crippen LogP contribution in [-0.4, -0.2) is 40.7 Å².